The van der Waals surface area contributed by atoms with Gasteiger partial charge in [0.15, 0.2) is 10.7 Å². The molecule has 0 aliphatic heterocycles. The van der Waals surface area contributed by atoms with Gasteiger partial charge in [0.05, 0.1) is 11.5 Å². The van der Waals surface area contributed by atoms with Crippen LogP contribution in [0.3, 0.4) is 0 Å². The van der Waals surface area contributed by atoms with Crippen molar-refractivity contribution in [3.63, 3.8) is 0 Å². The number of benzene rings is 3. The topological polar surface area (TPSA) is 205 Å². The quantitative estimate of drug-likeness (QED) is 0.0780. The first-order chi connectivity index (χ1) is 22.0. The van der Waals surface area contributed by atoms with Crippen LogP contribution in [0.4, 0.5) is 13.2 Å². The number of hydrogen-bond donors (Lipinski definition) is 4. The Morgan fingerprint density at radius 3 is 2.30 bits per heavy atom. The Morgan fingerprint density at radius 1 is 1.00 bits per heavy atom. The smallest absolute Gasteiger partial charge is 0.461 e. The molecule has 3 aromatic carbocycles. The van der Waals surface area contributed by atoms with E-state index in [-0.39, 0.29) is 45.3 Å². The average molecular weight is 690 g/mol. The molecule has 0 aliphatic carbocycles. The first kappa shape index (κ1) is 34.7. The highest BCUT2D eigenvalue weighted by Crippen LogP contribution is 2.34. The lowest BCUT2D eigenvalue weighted by Crippen LogP contribution is -2.52. The van der Waals surface area contributed by atoms with E-state index < -0.39 is 51.2 Å². The molecule has 0 saturated heterocycles. The standard InChI is InChI=1S/C30H26F3N5O7S2/c1-2-44-26(40)22-16-46-27(37-22)29(45-28(41)30(31,32)33,15-17-6-5-7-20(14-17)24(34)35)38-25(39)19-12-10-18(11-13-19)21-8-3-4-9-23(21)47(36,42)43/h3-14,16H,2,15H2,1H3,(H3,34,35)(H,38,39)(H2,36,42,43). The molecule has 4 aromatic rings. The first-order valence-corrected chi connectivity index (χ1v) is 15.9. The number of amides is 1. The van der Waals surface area contributed by atoms with Crippen LogP contribution in [0.25, 0.3) is 11.1 Å². The molecule has 4 rings (SSSR count). The lowest BCUT2D eigenvalue weighted by atomic mass is 9.99. The fourth-order valence-electron chi connectivity index (χ4n) is 4.40. The van der Waals surface area contributed by atoms with Gasteiger partial charge in [0.2, 0.25) is 15.7 Å². The van der Waals surface area contributed by atoms with Crippen molar-refractivity contribution < 1.29 is 45.4 Å². The number of rotatable bonds is 11. The molecule has 246 valence electrons. The Morgan fingerprint density at radius 2 is 1.68 bits per heavy atom. The predicted octanol–water partition coefficient (Wildman–Crippen LogP) is 3.85. The number of alkyl halides is 3. The molecule has 1 heterocycles. The van der Waals surface area contributed by atoms with Crippen molar-refractivity contribution in [3.05, 3.63) is 106 Å². The Bertz CT molecular complexity index is 1950. The number of sulfonamides is 1. The minimum atomic E-state index is -5.50. The van der Waals surface area contributed by atoms with E-state index >= 15 is 0 Å². The number of carbonyl (C=O) groups excluding carboxylic acids is 3. The average Bonchev–Trinajstić information content (AvgIpc) is 3.52. The zero-order valence-electron chi connectivity index (χ0n) is 24.3. The van der Waals surface area contributed by atoms with E-state index in [9.17, 15) is 36.0 Å². The second kappa shape index (κ2) is 13.7. The van der Waals surface area contributed by atoms with Gasteiger partial charge in [-0.05, 0) is 42.3 Å². The molecule has 1 aromatic heterocycles. The monoisotopic (exact) mass is 689 g/mol. The van der Waals surface area contributed by atoms with Crippen LogP contribution < -0.4 is 16.2 Å². The number of carbonyl (C=O) groups is 3. The minimum Gasteiger partial charge on any atom is -0.461 e. The van der Waals surface area contributed by atoms with E-state index in [4.69, 9.17) is 25.8 Å². The van der Waals surface area contributed by atoms with Crippen molar-refractivity contribution >= 4 is 45.0 Å². The van der Waals surface area contributed by atoms with Crippen molar-refractivity contribution in [1.29, 1.82) is 5.41 Å². The number of nitrogens with two attached hydrogens (primary N) is 2. The first-order valence-electron chi connectivity index (χ1n) is 13.5. The fourth-order valence-corrected chi connectivity index (χ4v) is 6.04. The third kappa shape index (κ3) is 8.18. The van der Waals surface area contributed by atoms with Crippen molar-refractivity contribution in [2.75, 3.05) is 6.61 Å². The zero-order valence-corrected chi connectivity index (χ0v) is 26.0. The number of thiazole rings is 1. The van der Waals surface area contributed by atoms with Crippen LogP contribution in [0.1, 0.15) is 43.9 Å². The number of primary sulfonamides is 1. The van der Waals surface area contributed by atoms with Gasteiger partial charge < -0.3 is 20.5 Å². The van der Waals surface area contributed by atoms with Crippen LogP contribution in [0.5, 0.6) is 0 Å². The highest BCUT2D eigenvalue weighted by Gasteiger charge is 2.50. The summed E-state index contributed by atoms with van der Waals surface area (Å²) in [5.74, 6) is -4.96. The van der Waals surface area contributed by atoms with Gasteiger partial charge in [-0.3, -0.25) is 10.2 Å². The molecule has 1 unspecified atom stereocenters. The lowest BCUT2D eigenvalue weighted by Gasteiger charge is -2.33. The number of aromatic nitrogens is 1. The number of nitrogens with one attached hydrogen (secondary N) is 2. The van der Waals surface area contributed by atoms with Crippen molar-refractivity contribution in [1.82, 2.24) is 10.3 Å². The van der Waals surface area contributed by atoms with E-state index in [1.807, 2.05) is 0 Å². The van der Waals surface area contributed by atoms with Crippen LogP contribution in [0, 0.1) is 5.41 Å². The molecule has 6 N–H and O–H groups in total. The highest BCUT2D eigenvalue weighted by molar-refractivity contribution is 7.89. The van der Waals surface area contributed by atoms with Gasteiger partial charge in [-0.25, -0.2) is 28.1 Å². The summed E-state index contributed by atoms with van der Waals surface area (Å²) >= 11 is 0.627. The van der Waals surface area contributed by atoms with Crippen molar-refractivity contribution in [2.24, 2.45) is 10.9 Å². The lowest BCUT2D eigenvalue weighted by molar-refractivity contribution is -0.217. The second-order valence-electron chi connectivity index (χ2n) is 9.84. The van der Waals surface area contributed by atoms with E-state index in [0.717, 1.165) is 0 Å². The van der Waals surface area contributed by atoms with E-state index in [1.165, 1.54) is 79.0 Å². The summed E-state index contributed by atoms with van der Waals surface area (Å²) in [6.07, 6.45) is -6.14. The van der Waals surface area contributed by atoms with Crippen LogP contribution in [0.2, 0.25) is 0 Å². The van der Waals surface area contributed by atoms with Gasteiger partial charge in [-0.2, -0.15) is 13.2 Å². The fraction of sp³-hybridized carbons (Fsp3) is 0.167. The molecule has 47 heavy (non-hydrogen) atoms. The van der Waals surface area contributed by atoms with Crippen LogP contribution >= 0.6 is 11.3 Å². The molecular weight excluding hydrogens is 663 g/mol. The molecule has 12 nitrogen and oxygen atoms in total. The molecule has 1 amide bonds. The Kier molecular flexibility index (Phi) is 10.1. The van der Waals surface area contributed by atoms with E-state index in [2.05, 4.69) is 10.3 Å². The van der Waals surface area contributed by atoms with Gasteiger partial charge in [-0.1, -0.05) is 48.5 Å². The molecule has 0 spiro atoms. The minimum absolute atomic E-state index is 0.0356. The van der Waals surface area contributed by atoms with Crippen LogP contribution in [0.15, 0.2) is 83.1 Å². The number of ether oxygens (including phenoxy) is 2. The maximum absolute atomic E-state index is 13.7. The van der Waals surface area contributed by atoms with Crippen LogP contribution in [-0.4, -0.2) is 49.9 Å². The number of halogens is 3. The predicted molar refractivity (Wildman–Crippen MR) is 164 cm³/mol. The second-order valence-corrected chi connectivity index (χ2v) is 12.2. The van der Waals surface area contributed by atoms with Gasteiger partial charge in [0, 0.05) is 28.5 Å². The highest BCUT2D eigenvalue weighted by atomic mass is 32.2. The van der Waals surface area contributed by atoms with Crippen molar-refractivity contribution in [3.8, 4) is 11.1 Å². The summed E-state index contributed by atoms with van der Waals surface area (Å²) < 4.78 is 75.0. The molecule has 1 atom stereocenters. The maximum Gasteiger partial charge on any atom is 0.491 e. The Labute approximate surface area is 270 Å². The largest absolute Gasteiger partial charge is 0.491 e. The van der Waals surface area contributed by atoms with Crippen molar-refractivity contribution in [2.45, 2.75) is 30.1 Å². The Balaban J connectivity index is 1.82. The molecule has 17 heteroatoms. The van der Waals surface area contributed by atoms with E-state index in [0.29, 0.717) is 16.9 Å². The van der Waals surface area contributed by atoms with Crippen LogP contribution in [-0.2, 0) is 36.4 Å². The zero-order chi connectivity index (χ0) is 34.6. The molecule has 0 radical (unpaired) electrons. The van der Waals surface area contributed by atoms with Gasteiger partial charge in [0.1, 0.15) is 5.84 Å². The summed E-state index contributed by atoms with van der Waals surface area (Å²) in [4.78, 5) is 42.3. The van der Waals surface area contributed by atoms with Gasteiger partial charge in [-0.15, -0.1) is 11.3 Å². The molecule has 0 fully saturated rings. The molecule has 0 bridgehead atoms. The Hall–Kier alpha value is -5.13. The van der Waals surface area contributed by atoms with E-state index in [1.54, 1.807) is 6.07 Å². The van der Waals surface area contributed by atoms with Gasteiger partial charge >= 0.3 is 18.1 Å². The number of hydrogen-bond acceptors (Lipinski definition) is 10. The summed E-state index contributed by atoms with van der Waals surface area (Å²) in [5, 5.41) is 16.2. The normalized spacial score (nSPS) is 12.9. The molecule has 0 aliphatic rings. The maximum atomic E-state index is 13.7. The number of nitrogen functional groups attached to an aromatic ring is 1. The summed E-state index contributed by atoms with van der Waals surface area (Å²) in [7, 11) is -4.11. The summed E-state index contributed by atoms with van der Waals surface area (Å²) in [6.45, 7) is 1.49. The SMILES string of the molecule is CCOC(=O)c1csc(C(Cc2cccc(C(=N)N)c2)(NC(=O)c2ccc(-c3ccccc3S(N)(=O)=O)cc2)OC(=O)C(F)(F)F)n1. The third-order valence-corrected chi connectivity index (χ3v) is 8.45. The number of amidine groups is 1. The third-order valence-electron chi connectivity index (χ3n) is 6.49. The summed E-state index contributed by atoms with van der Waals surface area (Å²) in [5.41, 5.74) is 3.43. The summed E-state index contributed by atoms with van der Waals surface area (Å²) in [6, 6.07) is 16.9. The number of esters is 2. The molecule has 0 saturated carbocycles. The van der Waals surface area contributed by atoms with Gasteiger partial charge in [0.25, 0.3) is 5.91 Å². The number of nitrogens with zero attached hydrogens (tertiary/aromatic N) is 1. The molecular formula is C30H26F3N5O7S2.